The predicted molar refractivity (Wildman–Crippen MR) is 221 cm³/mol. The Kier molecular flexibility index (Phi) is 33.4. The first-order chi connectivity index (χ1) is 23.2. The molecule has 0 saturated carbocycles. The maximum atomic E-state index is 11.3. The van der Waals surface area contributed by atoms with Crippen molar-refractivity contribution in [1.29, 1.82) is 0 Å². The van der Waals surface area contributed by atoms with Gasteiger partial charge in [-0.3, -0.25) is 4.55 Å². The van der Waals surface area contributed by atoms with Crippen LogP contribution in [0.1, 0.15) is 213 Å². The van der Waals surface area contributed by atoms with Gasteiger partial charge in [0.15, 0.2) is 0 Å². The molecule has 286 valence electrons. The van der Waals surface area contributed by atoms with E-state index >= 15 is 0 Å². The molecule has 0 aromatic heterocycles. The van der Waals surface area contributed by atoms with Crippen LogP contribution in [0.5, 0.6) is 0 Å². The first-order valence-corrected chi connectivity index (χ1v) is 25.9. The molecule has 5 heteroatoms. The first kappa shape index (κ1) is 47.6. The molecule has 1 aromatic rings. The summed E-state index contributed by atoms with van der Waals surface area (Å²) >= 11 is 0. The second-order valence-corrected chi connectivity index (χ2v) is 21.9. The Hall–Kier alpha value is -0.440. The van der Waals surface area contributed by atoms with Gasteiger partial charge in [-0.05, 0) is 24.5 Å². The summed E-state index contributed by atoms with van der Waals surface area (Å²) in [6.07, 6.45) is 44.7. The third-order valence-corrected chi connectivity index (χ3v) is 16.1. The van der Waals surface area contributed by atoms with Crippen LogP contribution >= 0.6 is 7.26 Å². The summed E-state index contributed by atoms with van der Waals surface area (Å²) in [5.41, 5.74) is 0.726. The molecule has 0 amide bonds. The average molecular weight is 713 g/mol. The van der Waals surface area contributed by atoms with Crippen molar-refractivity contribution < 1.29 is 13.0 Å². The molecule has 0 fully saturated rings. The molecule has 48 heavy (non-hydrogen) atoms. The van der Waals surface area contributed by atoms with Crippen LogP contribution in [0.25, 0.3) is 0 Å². The van der Waals surface area contributed by atoms with E-state index < -0.39 is 17.4 Å². The number of hydrogen-bond donors (Lipinski definition) is 1. The monoisotopic (exact) mass is 713 g/mol. The maximum absolute atomic E-state index is 11.3. The van der Waals surface area contributed by atoms with Crippen LogP contribution in [0.3, 0.4) is 0 Å². The summed E-state index contributed by atoms with van der Waals surface area (Å²) in [7, 11) is -5.05. The van der Waals surface area contributed by atoms with Gasteiger partial charge in [-0.2, -0.15) is 8.42 Å². The van der Waals surface area contributed by atoms with Crippen molar-refractivity contribution in [2.24, 2.45) is 0 Å². The minimum absolute atomic E-state index is 0.0610. The summed E-state index contributed by atoms with van der Waals surface area (Å²) in [6.45, 7) is 12.0. The van der Waals surface area contributed by atoms with Gasteiger partial charge in [-0.25, -0.2) is 0 Å². The van der Waals surface area contributed by atoms with Gasteiger partial charge in [0, 0.05) is 0 Å². The van der Waals surface area contributed by atoms with Crippen LogP contribution in [0.4, 0.5) is 0 Å². The number of rotatable bonds is 33. The Morgan fingerprint density at radius 1 is 0.458 bits per heavy atom. The minimum atomic E-state index is -4.10. The van der Waals surface area contributed by atoms with E-state index in [0.29, 0.717) is 6.42 Å². The molecule has 0 aliphatic carbocycles. The summed E-state index contributed by atoms with van der Waals surface area (Å²) in [4.78, 5) is 0.0610. The molecule has 0 bridgehead atoms. The molecular formula is C43H85O3PS. The molecule has 0 saturated heterocycles. The van der Waals surface area contributed by atoms with E-state index in [1.54, 1.807) is 30.6 Å². The van der Waals surface area contributed by atoms with Crippen LogP contribution < -0.4 is 0 Å². The molecule has 0 atom stereocenters. The van der Waals surface area contributed by atoms with Gasteiger partial charge in [-0.1, -0.05) is 82.9 Å². The average Bonchev–Trinajstić information content (AvgIpc) is 3.07. The van der Waals surface area contributed by atoms with Crippen molar-refractivity contribution in [2.45, 2.75) is 219 Å². The molecule has 0 radical (unpaired) electrons. The van der Waals surface area contributed by atoms with Crippen LogP contribution in [0.2, 0.25) is 0 Å². The third kappa shape index (κ3) is 29.3. The number of aryl methyl sites for hydroxylation is 1. The zero-order valence-corrected chi connectivity index (χ0v) is 34.9. The number of hydrogen-bond acceptors (Lipinski definition) is 2. The first-order valence-electron chi connectivity index (χ1n) is 21.3. The Labute approximate surface area is 303 Å². The second-order valence-electron chi connectivity index (χ2n) is 15.4. The van der Waals surface area contributed by atoms with Gasteiger partial charge in [0.2, 0.25) is 0 Å². The van der Waals surface area contributed by atoms with Gasteiger partial charge < -0.3 is 0 Å². The van der Waals surface area contributed by atoms with E-state index in [-0.39, 0.29) is 4.90 Å². The summed E-state index contributed by atoms with van der Waals surface area (Å²) in [5, 5.41) is 0. The normalized spacial score (nSPS) is 12.2. The Bertz CT molecular complexity index is 876. The van der Waals surface area contributed by atoms with E-state index in [1.165, 1.54) is 173 Å². The molecule has 3 nitrogen and oxygen atoms in total. The third-order valence-electron chi connectivity index (χ3n) is 10.5. The van der Waals surface area contributed by atoms with Crippen molar-refractivity contribution in [3.63, 3.8) is 0 Å². The van der Waals surface area contributed by atoms with Gasteiger partial charge in [0.05, 0.1) is 4.90 Å². The van der Waals surface area contributed by atoms with E-state index in [2.05, 4.69) is 34.4 Å². The molecular weight excluding hydrogens is 628 g/mol. The predicted octanol–water partition coefficient (Wildman–Crippen LogP) is 14.8. The summed E-state index contributed by atoms with van der Waals surface area (Å²) < 4.78 is 31.8. The van der Waals surface area contributed by atoms with E-state index in [1.807, 2.05) is 6.07 Å². The Morgan fingerprint density at radius 2 is 0.750 bits per heavy atom. The quantitative estimate of drug-likeness (QED) is 0.0448. The van der Waals surface area contributed by atoms with E-state index in [9.17, 15) is 13.0 Å². The molecule has 0 spiro atoms. The second kappa shape index (κ2) is 33.7. The summed E-state index contributed by atoms with van der Waals surface area (Å²) in [5.74, 6) is 0. The van der Waals surface area contributed by atoms with Crippen molar-refractivity contribution in [1.82, 2.24) is 0 Å². The van der Waals surface area contributed by atoms with E-state index in [4.69, 9.17) is 0 Å². The van der Waals surface area contributed by atoms with Crippen molar-refractivity contribution >= 4 is 17.4 Å². The van der Waals surface area contributed by atoms with Gasteiger partial charge in [-0.15, -0.1) is 0 Å². The topological polar surface area (TPSA) is 54.4 Å². The van der Waals surface area contributed by atoms with Crippen LogP contribution in [0, 0.1) is 0 Å². The number of benzene rings is 1. The van der Waals surface area contributed by atoms with Crippen molar-refractivity contribution in [2.75, 3.05) is 25.2 Å². The van der Waals surface area contributed by atoms with Crippen molar-refractivity contribution in [3.8, 4) is 0 Å². The Balaban J connectivity index is 0.000000932. The standard InChI is InChI=1S/C25H55P.C18H30O3S/c1-5-8-11-14-17-20-23-26(4,24-21-18-15-12-9-6-2)25-22-19-16-13-10-7-3;1-2-3-4-5-6-7-8-9-10-11-14-17-15-12-13-16-18(17)22(19,20)21/h26H,5-25H2,1-4H3;12-13,15-16H,2-11,14H2,1H3,(H,19,20,21). The molecule has 0 heterocycles. The van der Waals surface area contributed by atoms with Gasteiger partial charge in [0.25, 0.3) is 10.1 Å². The Morgan fingerprint density at radius 3 is 1.08 bits per heavy atom. The fourth-order valence-electron chi connectivity index (χ4n) is 7.14. The molecule has 1 N–H and O–H groups in total. The fourth-order valence-corrected chi connectivity index (χ4v) is 11.9. The molecule has 1 rings (SSSR count). The SMILES string of the molecule is CCCCCCCCCCCCc1ccccc1S(=O)(=O)O.CCCCCCCC[PH](C)(CCCCCCCC)CCCCCCCC. The molecule has 0 unspecified atom stereocenters. The number of unbranched alkanes of at least 4 members (excludes halogenated alkanes) is 24. The molecule has 1 aromatic carbocycles. The summed E-state index contributed by atoms with van der Waals surface area (Å²) in [6, 6.07) is 6.73. The molecule has 0 aliphatic heterocycles. The van der Waals surface area contributed by atoms with Crippen LogP contribution in [0.15, 0.2) is 29.2 Å². The van der Waals surface area contributed by atoms with E-state index in [0.717, 1.165) is 18.4 Å². The zero-order chi connectivity index (χ0) is 35.6. The van der Waals surface area contributed by atoms with Crippen LogP contribution in [-0.2, 0) is 16.5 Å². The fraction of sp³-hybridized carbons (Fsp3) is 0.860. The van der Waals surface area contributed by atoms with Crippen LogP contribution in [-0.4, -0.2) is 38.1 Å². The van der Waals surface area contributed by atoms with Gasteiger partial charge in [0.1, 0.15) is 0 Å². The van der Waals surface area contributed by atoms with Crippen molar-refractivity contribution in [3.05, 3.63) is 29.8 Å². The van der Waals surface area contributed by atoms with Gasteiger partial charge >= 0.3 is 169 Å². The zero-order valence-electron chi connectivity index (χ0n) is 33.1. The molecule has 0 aliphatic rings.